The molecule has 0 radical (unpaired) electrons. The Morgan fingerprint density at radius 1 is 0.857 bits per heavy atom. The highest BCUT2D eigenvalue weighted by Gasteiger charge is 2.27. The van der Waals surface area contributed by atoms with Crippen molar-refractivity contribution in [3.8, 4) is 5.75 Å². The number of fused-ring (bicyclic) bond motifs is 2. The highest BCUT2D eigenvalue weighted by molar-refractivity contribution is 5.83. The summed E-state index contributed by atoms with van der Waals surface area (Å²) in [4.78, 5) is 0. The minimum Gasteiger partial charge on any atom is -0.485 e. The van der Waals surface area contributed by atoms with Gasteiger partial charge in [0.15, 0.2) is 0 Å². The summed E-state index contributed by atoms with van der Waals surface area (Å²) in [6, 6.07) is 22.4. The lowest BCUT2D eigenvalue weighted by atomic mass is 9.94. The number of aliphatic hydroxyl groups excluding tert-OH is 1. The van der Waals surface area contributed by atoms with Crippen molar-refractivity contribution in [1.29, 1.82) is 0 Å². The van der Waals surface area contributed by atoms with Crippen LogP contribution < -0.4 is 4.74 Å². The summed E-state index contributed by atoms with van der Waals surface area (Å²) in [5, 5.41) is 12.7. The number of aliphatic hydroxyl groups is 1. The molecule has 0 fully saturated rings. The van der Waals surface area contributed by atoms with Gasteiger partial charge in [-0.1, -0.05) is 54.6 Å². The van der Waals surface area contributed by atoms with Gasteiger partial charge in [-0.05, 0) is 28.5 Å². The second kappa shape index (κ2) is 4.90. The van der Waals surface area contributed by atoms with E-state index >= 15 is 0 Å². The second-order valence-electron chi connectivity index (χ2n) is 5.50. The zero-order valence-electron chi connectivity index (χ0n) is 11.6. The predicted octanol–water partition coefficient (Wildman–Crippen LogP) is 4.40. The molecule has 0 aromatic heterocycles. The summed E-state index contributed by atoms with van der Waals surface area (Å²) < 4.78 is 6.08. The highest BCUT2D eigenvalue weighted by Crippen LogP contribution is 2.40. The molecule has 3 aromatic rings. The lowest BCUT2D eigenvalue weighted by molar-refractivity contribution is 0.0658. The molecule has 104 valence electrons. The molecule has 0 saturated carbocycles. The van der Waals surface area contributed by atoms with Crippen LogP contribution in [0.4, 0.5) is 0 Å². The van der Waals surface area contributed by atoms with Gasteiger partial charge in [0.25, 0.3) is 0 Å². The molecule has 1 aliphatic heterocycles. The first-order chi connectivity index (χ1) is 10.3. The van der Waals surface area contributed by atoms with Crippen molar-refractivity contribution in [2.75, 3.05) is 0 Å². The smallest absolute Gasteiger partial charge is 0.127 e. The average Bonchev–Trinajstić information content (AvgIpc) is 2.54. The van der Waals surface area contributed by atoms with Gasteiger partial charge in [-0.2, -0.15) is 0 Å². The van der Waals surface area contributed by atoms with E-state index in [1.165, 1.54) is 10.8 Å². The Bertz CT molecular complexity index is 794. The quantitative estimate of drug-likeness (QED) is 0.714. The SMILES string of the molecule is OC1CC(c2ccc3ccccc3c2)Oc2ccccc21. The molecule has 0 saturated heterocycles. The standard InChI is InChI=1S/C19H16O2/c20-17-12-19(21-18-8-4-3-7-16(17)18)15-10-9-13-5-1-2-6-14(13)11-15/h1-11,17,19-20H,12H2. The fourth-order valence-electron chi connectivity index (χ4n) is 3.01. The number of benzene rings is 3. The number of hydrogen-bond donors (Lipinski definition) is 1. The monoisotopic (exact) mass is 276 g/mol. The maximum absolute atomic E-state index is 10.3. The van der Waals surface area contributed by atoms with Crippen LogP contribution in [0.1, 0.15) is 29.8 Å². The van der Waals surface area contributed by atoms with Crippen molar-refractivity contribution in [2.24, 2.45) is 0 Å². The molecule has 0 spiro atoms. The third-order valence-corrected chi connectivity index (χ3v) is 4.13. The van der Waals surface area contributed by atoms with Crippen LogP contribution in [0.2, 0.25) is 0 Å². The minimum atomic E-state index is -0.466. The van der Waals surface area contributed by atoms with Crippen molar-refractivity contribution in [3.05, 3.63) is 77.9 Å². The Morgan fingerprint density at radius 2 is 1.62 bits per heavy atom. The van der Waals surface area contributed by atoms with Crippen molar-refractivity contribution in [3.63, 3.8) is 0 Å². The van der Waals surface area contributed by atoms with E-state index in [1.54, 1.807) is 0 Å². The highest BCUT2D eigenvalue weighted by atomic mass is 16.5. The summed E-state index contributed by atoms with van der Waals surface area (Å²) >= 11 is 0. The molecule has 2 nitrogen and oxygen atoms in total. The van der Waals surface area contributed by atoms with Crippen LogP contribution >= 0.6 is 0 Å². The van der Waals surface area contributed by atoms with Crippen LogP contribution in [0, 0.1) is 0 Å². The van der Waals surface area contributed by atoms with E-state index < -0.39 is 6.10 Å². The fourth-order valence-corrected chi connectivity index (χ4v) is 3.01. The molecule has 0 aliphatic carbocycles. The van der Waals surface area contributed by atoms with E-state index in [1.807, 2.05) is 36.4 Å². The molecule has 2 heteroatoms. The van der Waals surface area contributed by atoms with Crippen molar-refractivity contribution >= 4 is 10.8 Å². The summed E-state index contributed by atoms with van der Waals surface area (Å²) in [7, 11) is 0. The van der Waals surface area contributed by atoms with E-state index in [2.05, 4.69) is 30.3 Å². The molecule has 3 aromatic carbocycles. The number of rotatable bonds is 1. The van der Waals surface area contributed by atoms with Crippen LogP contribution in [-0.2, 0) is 0 Å². The Hall–Kier alpha value is -2.32. The predicted molar refractivity (Wildman–Crippen MR) is 83.3 cm³/mol. The van der Waals surface area contributed by atoms with Gasteiger partial charge in [0.05, 0.1) is 6.10 Å². The van der Waals surface area contributed by atoms with Gasteiger partial charge in [0.2, 0.25) is 0 Å². The van der Waals surface area contributed by atoms with E-state index in [0.29, 0.717) is 6.42 Å². The molecule has 21 heavy (non-hydrogen) atoms. The first kappa shape index (κ1) is 12.4. The lowest BCUT2D eigenvalue weighted by Crippen LogP contribution is -2.18. The van der Waals surface area contributed by atoms with Crippen molar-refractivity contribution in [1.82, 2.24) is 0 Å². The van der Waals surface area contributed by atoms with Crippen LogP contribution in [0.25, 0.3) is 10.8 Å². The zero-order valence-corrected chi connectivity index (χ0v) is 11.6. The average molecular weight is 276 g/mol. The van der Waals surface area contributed by atoms with Gasteiger partial charge in [-0.3, -0.25) is 0 Å². The number of para-hydroxylation sites is 1. The maximum atomic E-state index is 10.3. The maximum Gasteiger partial charge on any atom is 0.127 e. The van der Waals surface area contributed by atoms with Gasteiger partial charge in [-0.15, -0.1) is 0 Å². The molecular formula is C19H16O2. The Kier molecular flexibility index (Phi) is 2.90. The minimum absolute atomic E-state index is 0.0977. The molecule has 2 atom stereocenters. The molecular weight excluding hydrogens is 260 g/mol. The Morgan fingerprint density at radius 3 is 2.52 bits per heavy atom. The molecule has 2 unspecified atom stereocenters. The van der Waals surface area contributed by atoms with Gasteiger partial charge in [-0.25, -0.2) is 0 Å². The fraction of sp³-hybridized carbons (Fsp3) is 0.158. The molecule has 1 aliphatic rings. The van der Waals surface area contributed by atoms with Gasteiger partial charge >= 0.3 is 0 Å². The molecule has 0 bridgehead atoms. The van der Waals surface area contributed by atoms with E-state index in [4.69, 9.17) is 4.74 Å². The normalized spacial score (nSPS) is 20.8. The molecule has 0 amide bonds. The van der Waals surface area contributed by atoms with Crippen molar-refractivity contribution in [2.45, 2.75) is 18.6 Å². The number of hydrogen-bond acceptors (Lipinski definition) is 2. The van der Waals surface area contributed by atoms with E-state index in [9.17, 15) is 5.11 Å². The lowest BCUT2D eigenvalue weighted by Gasteiger charge is -2.30. The third kappa shape index (κ3) is 2.18. The van der Waals surface area contributed by atoms with Crippen molar-refractivity contribution < 1.29 is 9.84 Å². The largest absolute Gasteiger partial charge is 0.485 e. The number of ether oxygens (including phenoxy) is 1. The molecule has 1 N–H and O–H groups in total. The van der Waals surface area contributed by atoms with Crippen LogP contribution in [0.3, 0.4) is 0 Å². The summed E-state index contributed by atoms with van der Waals surface area (Å²) in [6.07, 6.45) is 0.0287. The van der Waals surface area contributed by atoms with Gasteiger partial charge in [0, 0.05) is 12.0 Å². The Labute approximate surface area is 123 Å². The van der Waals surface area contributed by atoms with E-state index in [0.717, 1.165) is 16.9 Å². The van der Waals surface area contributed by atoms with Crippen LogP contribution in [-0.4, -0.2) is 5.11 Å². The summed E-state index contributed by atoms with van der Waals surface area (Å²) in [5.74, 6) is 0.786. The van der Waals surface area contributed by atoms with Gasteiger partial charge < -0.3 is 9.84 Å². The van der Waals surface area contributed by atoms with Crippen LogP contribution in [0.5, 0.6) is 5.75 Å². The summed E-state index contributed by atoms with van der Waals surface area (Å²) in [5.41, 5.74) is 2.00. The second-order valence-corrected chi connectivity index (χ2v) is 5.50. The van der Waals surface area contributed by atoms with Gasteiger partial charge in [0.1, 0.15) is 11.9 Å². The molecule has 1 heterocycles. The van der Waals surface area contributed by atoms with E-state index in [-0.39, 0.29) is 6.10 Å². The first-order valence-electron chi connectivity index (χ1n) is 7.23. The zero-order chi connectivity index (χ0) is 14.2. The molecule has 4 rings (SSSR count). The topological polar surface area (TPSA) is 29.5 Å². The first-order valence-corrected chi connectivity index (χ1v) is 7.23. The van der Waals surface area contributed by atoms with Crippen LogP contribution in [0.15, 0.2) is 66.7 Å². The third-order valence-electron chi connectivity index (χ3n) is 4.13. The Balaban J connectivity index is 1.73. The summed E-state index contributed by atoms with van der Waals surface area (Å²) in [6.45, 7) is 0.